The molecule has 1 aliphatic carbocycles. The van der Waals surface area contributed by atoms with Gasteiger partial charge in [-0.15, -0.1) is 0 Å². The second kappa shape index (κ2) is 7.99. The standard InChI is InChI=1S/C16H32N2O2/c1-4-13-7-9-14(10-8-13)18(3)12-6-5-11-16(2,17)15(19)20/h13-14H,4-12,17H2,1-3H3,(H,19,20). The third-order valence-corrected chi connectivity index (χ3v) is 4.96. The van der Waals surface area contributed by atoms with E-state index in [9.17, 15) is 4.79 Å². The van der Waals surface area contributed by atoms with Crippen molar-refractivity contribution in [1.82, 2.24) is 4.90 Å². The zero-order chi connectivity index (χ0) is 15.2. The first-order chi connectivity index (χ1) is 9.36. The average molecular weight is 284 g/mol. The molecular formula is C16H32N2O2. The Kier molecular flexibility index (Phi) is 6.96. The van der Waals surface area contributed by atoms with Crippen molar-refractivity contribution in [3.8, 4) is 0 Å². The van der Waals surface area contributed by atoms with Crippen LogP contribution in [-0.2, 0) is 4.79 Å². The van der Waals surface area contributed by atoms with Gasteiger partial charge < -0.3 is 15.7 Å². The molecule has 1 atom stereocenters. The molecule has 0 saturated heterocycles. The minimum atomic E-state index is -1.07. The van der Waals surface area contributed by atoms with Crippen LogP contribution in [0, 0.1) is 5.92 Å². The highest BCUT2D eigenvalue weighted by atomic mass is 16.4. The summed E-state index contributed by atoms with van der Waals surface area (Å²) in [6.45, 7) is 4.95. The Hall–Kier alpha value is -0.610. The second-order valence-corrected chi connectivity index (χ2v) is 6.74. The molecule has 3 N–H and O–H groups in total. The van der Waals surface area contributed by atoms with Gasteiger partial charge in [0.2, 0.25) is 0 Å². The van der Waals surface area contributed by atoms with Crippen LogP contribution in [0.2, 0.25) is 0 Å². The number of hydrogen-bond acceptors (Lipinski definition) is 3. The number of rotatable bonds is 8. The number of hydrogen-bond donors (Lipinski definition) is 2. The lowest BCUT2D eigenvalue weighted by Gasteiger charge is -2.34. The summed E-state index contributed by atoms with van der Waals surface area (Å²) in [4.78, 5) is 13.4. The molecule has 1 aliphatic rings. The van der Waals surface area contributed by atoms with E-state index >= 15 is 0 Å². The Morgan fingerprint density at radius 2 is 1.90 bits per heavy atom. The summed E-state index contributed by atoms with van der Waals surface area (Å²) in [6, 6.07) is 0.724. The molecule has 20 heavy (non-hydrogen) atoms. The van der Waals surface area contributed by atoms with Gasteiger partial charge in [0, 0.05) is 6.04 Å². The zero-order valence-electron chi connectivity index (χ0n) is 13.4. The van der Waals surface area contributed by atoms with Gasteiger partial charge in [0.15, 0.2) is 0 Å². The molecule has 0 aromatic carbocycles. The number of unbranched alkanes of at least 4 members (excludes halogenated alkanes) is 1. The monoisotopic (exact) mass is 284 g/mol. The van der Waals surface area contributed by atoms with E-state index in [1.54, 1.807) is 6.92 Å². The number of carboxylic acids is 1. The summed E-state index contributed by atoms with van der Waals surface area (Å²) in [7, 11) is 2.20. The zero-order valence-corrected chi connectivity index (χ0v) is 13.4. The Morgan fingerprint density at radius 3 is 2.40 bits per heavy atom. The number of nitrogens with two attached hydrogens (primary N) is 1. The Bertz CT molecular complexity index is 297. The lowest BCUT2D eigenvalue weighted by Crippen LogP contribution is -2.44. The molecule has 0 aromatic heterocycles. The van der Waals surface area contributed by atoms with Crippen molar-refractivity contribution in [3.05, 3.63) is 0 Å². The summed E-state index contributed by atoms with van der Waals surface area (Å²) in [5.41, 5.74) is 4.66. The van der Waals surface area contributed by atoms with Crippen LogP contribution >= 0.6 is 0 Å². The summed E-state index contributed by atoms with van der Waals surface area (Å²) in [6.07, 6.45) is 9.16. The molecule has 0 aromatic rings. The molecule has 0 bridgehead atoms. The van der Waals surface area contributed by atoms with E-state index in [4.69, 9.17) is 10.8 Å². The second-order valence-electron chi connectivity index (χ2n) is 6.74. The first-order valence-corrected chi connectivity index (χ1v) is 8.09. The Labute approximate surface area is 123 Å². The minimum Gasteiger partial charge on any atom is -0.480 e. The van der Waals surface area contributed by atoms with E-state index in [1.807, 2.05) is 0 Å². The predicted octanol–water partition coefficient (Wildman–Crippen LogP) is 2.86. The molecule has 1 rings (SSSR count). The van der Waals surface area contributed by atoms with E-state index < -0.39 is 11.5 Å². The van der Waals surface area contributed by atoms with Crippen molar-refractivity contribution in [2.75, 3.05) is 13.6 Å². The molecule has 0 heterocycles. The van der Waals surface area contributed by atoms with Crippen LogP contribution in [0.4, 0.5) is 0 Å². The van der Waals surface area contributed by atoms with Gasteiger partial charge >= 0.3 is 5.97 Å². The van der Waals surface area contributed by atoms with E-state index in [0.717, 1.165) is 31.3 Å². The van der Waals surface area contributed by atoms with E-state index in [1.165, 1.54) is 32.1 Å². The van der Waals surface area contributed by atoms with E-state index in [2.05, 4.69) is 18.9 Å². The molecular weight excluding hydrogens is 252 g/mol. The van der Waals surface area contributed by atoms with Gasteiger partial charge in [0.25, 0.3) is 0 Å². The van der Waals surface area contributed by atoms with Crippen molar-refractivity contribution in [2.24, 2.45) is 11.7 Å². The van der Waals surface area contributed by atoms with E-state index in [-0.39, 0.29) is 0 Å². The first kappa shape index (κ1) is 17.4. The Morgan fingerprint density at radius 1 is 1.30 bits per heavy atom. The normalized spacial score (nSPS) is 26.4. The molecule has 118 valence electrons. The van der Waals surface area contributed by atoms with Crippen molar-refractivity contribution in [2.45, 2.75) is 76.8 Å². The van der Waals surface area contributed by atoms with Crippen LogP contribution in [0.15, 0.2) is 0 Å². The first-order valence-electron chi connectivity index (χ1n) is 8.09. The van der Waals surface area contributed by atoms with Gasteiger partial charge in [-0.25, -0.2) is 0 Å². The largest absolute Gasteiger partial charge is 0.480 e. The SMILES string of the molecule is CCC1CCC(N(C)CCCCC(C)(N)C(=O)O)CC1. The Balaban J connectivity index is 2.18. The van der Waals surface area contributed by atoms with Crippen LogP contribution in [0.3, 0.4) is 0 Å². The highest BCUT2D eigenvalue weighted by molar-refractivity contribution is 5.77. The summed E-state index contributed by atoms with van der Waals surface area (Å²) < 4.78 is 0. The maximum atomic E-state index is 10.9. The van der Waals surface area contributed by atoms with E-state index in [0.29, 0.717) is 6.42 Å². The average Bonchev–Trinajstić information content (AvgIpc) is 2.43. The minimum absolute atomic E-state index is 0.554. The lowest BCUT2D eigenvalue weighted by molar-refractivity contribution is -0.142. The number of carbonyl (C=O) groups is 1. The van der Waals surface area contributed by atoms with Crippen LogP contribution < -0.4 is 5.73 Å². The van der Waals surface area contributed by atoms with Crippen LogP contribution in [0.5, 0.6) is 0 Å². The molecule has 4 heteroatoms. The van der Waals surface area contributed by atoms with Crippen LogP contribution in [0.1, 0.15) is 65.2 Å². The number of nitrogens with zero attached hydrogens (tertiary/aromatic N) is 1. The molecule has 0 radical (unpaired) electrons. The van der Waals surface area contributed by atoms with Gasteiger partial charge in [0.1, 0.15) is 5.54 Å². The highest BCUT2D eigenvalue weighted by Gasteiger charge is 2.27. The molecule has 0 aliphatic heterocycles. The molecule has 1 unspecified atom stereocenters. The maximum absolute atomic E-state index is 10.9. The molecule has 0 amide bonds. The smallest absolute Gasteiger partial charge is 0.323 e. The predicted molar refractivity (Wildman–Crippen MR) is 82.7 cm³/mol. The van der Waals surface area contributed by atoms with Crippen molar-refractivity contribution in [3.63, 3.8) is 0 Å². The van der Waals surface area contributed by atoms with Crippen LogP contribution in [0.25, 0.3) is 0 Å². The fourth-order valence-corrected chi connectivity index (χ4v) is 3.14. The third-order valence-electron chi connectivity index (χ3n) is 4.96. The quantitative estimate of drug-likeness (QED) is 0.673. The third kappa shape index (κ3) is 5.41. The molecule has 0 spiro atoms. The van der Waals surface area contributed by atoms with Crippen LogP contribution in [-0.4, -0.2) is 41.1 Å². The summed E-state index contributed by atoms with van der Waals surface area (Å²) in [5.74, 6) is 0.0388. The molecule has 1 saturated carbocycles. The van der Waals surface area contributed by atoms with Gasteiger partial charge in [0.05, 0.1) is 0 Å². The maximum Gasteiger partial charge on any atom is 0.323 e. The highest BCUT2D eigenvalue weighted by Crippen LogP contribution is 2.29. The topological polar surface area (TPSA) is 66.6 Å². The van der Waals surface area contributed by atoms with Crippen molar-refractivity contribution < 1.29 is 9.90 Å². The molecule has 1 fully saturated rings. The fourth-order valence-electron chi connectivity index (χ4n) is 3.14. The molecule has 4 nitrogen and oxygen atoms in total. The summed E-state index contributed by atoms with van der Waals surface area (Å²) in [5, 5.41) is 8.97. The summed E-state index contributed by atoms with van der Waals surface area (Å²) >= 11 is 0. The number of aliphatic carboxylic acids is 1. The van der Waals surface area contributed by atoms with Gasteiger partial charge in [-0.3, -0.25) is 4.79 Å². The number of carboxylic acid groups (broad SMARTS) is 1. The lowest BCUT2D eigenvalue weighted by atomic mass is 9.84. The van der Waals surface area contributed by atoms with Gasteiger partial charge in [-0.05, 0) is 71.4 Å². The van der Waals surface area contributed by atoms with Gasteiger partial charge in [-0.1, -0.05) is 13.3 Å². The fraction of sp³-hybridized carbons (Fsp3) is 0.938. The van der Waals surface area contributed by atoms with Gasteiger partial charge in [-0.2, -0.15) is 0 Å². The van der Waals surface area contributed by atoms with Crippen molar-refractivity contribution >= 4 is 5.97 Å². The van der Waals surface area contributed by atoms with Crippen molar-refractivity contribution in [1.29, 1.82) is 0 Å².